The zero-order chi connectivity index (χ0) is 13.6. The second kappa shape index (κ2) is 4.07. The maximum Gasteiger partial charge on any atom is 0.335 e. The van der Waals surface area contributed by atoms with Gasteiger partial charge in [-0.1, -0.05) is 6.07 Å². The van der Waals surface area contributed by atoms with Crippen molar-refractivity contribution in [2.75, 3.05) is 0 Å². The summed E-state index contributed by atoms with van der Waals surface area (Å²) in [5.41, 5.74) is 0.465. The van der Waals surface area contributed by atoms with Gasteiger partial charge in [0.1, 0.15) is 0 Å². The van der Waals surface area contributed by atoms with Crippen LogP contribution in [0.15, 0.2) is 36.4 Å². The van der Waals surface area contributed by atoms with Crippen molar-refractivity contribution in [2.45, 2.75) is 0 Å². The van der Waals surface area contributed by atoms with Crippen LogP contribution in [0.4, 0.5) is 0 Å². The molecule has 0 aliphatic carbocycles. The molecule has 5 heteroatoms. The van der Waals surface area contributed by atoms with Crippen LogP contribution < -0.4 is 0 Å². The van der Waals surface area contributed by atoms with E-state index in [0.717, 1.165) is 20.2 Å². The van der Waals surface area contributed by atoms with Crippen molar-refractivity contribution in [3.8, 4) is 0 Å². The Balaban J connectivity index is 2.33. The molecule has 2 N–H and O–H groups in total. The third kappa shape index (κ3) is 1.84. The van der Waals surface area contributed by atoms with Gasteiger partial charge in [0, 0.05) is 20.2 Å². The van der Waals surface area contributed by atoms with Crippen molar-refractivity contribution < 1.29 is 19.8 Å². The van der Waals surface area contributed by atoms with Gasteiger partial charge in [-0.2, -0.15) is 0 Å². The molecular formula is C14H8O4S. The minimum Gasteiger partial charge on any atom is -0.478 e. The first-order valence-corrected chi connectivity index (χ1v) is 6.31. The molecule has 0 aliphatic rings. The fraction of sp³-hybridized carbons (Fsp3) is 0. The zero-order valence-electron chi connectivity index (χ0n) is 9.58. The van der Waals surface area contributed by atoms with E-state index in [9.17, 15) is 9.59 Å². The Morgan fingerprint density at radius 1 is 0.789 bits per heavy atom. The largest absolute Gasteiger partial charge is 0.478 e. The van der Waals surface area contributed by atoms with E-state index in [0.29, 0.717) is 0 Å². The molecule has 3 rings (SSSR count). The lowest BCUT2D eigenvalue weighted by atomic mass is 10.1. The molecule has 0 unspecified atom stereocenters. The number of thiophene rings is 1. The first kappa shape index (κ1) is 11.7. The molecular weight excluding hydrogens is 264 g/mol. The van der Waals surface area contributed by atoms with Crippen molar-refractivity contribution in [3.05, 3.63) is 47.5 Å². The summed E-state index contributed by atoms with van der Waals surface area (Å²) in [5.74, 6) is -1.94. The highest BCUT2D eigenvalue weighted by Gasteiger charge is 2.11. The topological polar surface area (TPSA) is 74.6 Å². The van der Waals surface area contributed by atoms with Gasteiger partial charge in [-0.25, -0.2) is 9.59 Å². The summed E-state index contributed by atoms with van der Waals surface area (Å²) in [6.45, 7) is 0. The molecule has 0 radical (unpaired) electrons. The van der Waals surface area contributed by atoms with Gasteiger partial charge in [0.15, 0.2) is 0 Å². The van der Waals surface area contributed by atoms with Gasteiger partial charge in [0.2, 0.25) is 0 Å². The van der Waals surface area contributed by atoms with Gasteiger partial charge in [0.05, 0.1) is 11.1 Å². The number of benzene rings is 2. The number of fused-ring (bicyclic) bond motifs is 3. The monoisotopic (exact) mass is 272 g/mol. The molecule has 0 saturated heterocycles. The van der Waals surface area contributed by atoms with Gasteiger partial charge < -0.3 is 10.2 Å². The van der Waals surface area contributed by atoms with Gasteiger partial charge in [0.25, 0.3) is 0 Å². The lowest BCUT2D eigenvalue weighted by Crippen LogP contribution is -1.95. The predicted octanol–water partition coefficient (Wildman–Crippen LogP) is 3.45. The van der Waals surface area contributed by atoms with Gasteiger partial charge >= 0.3 is 11.9 Å². The van der Waals surface area contributed by atoms with Crippen LogP contribution in [0.3, 0.4) is 0 Å². The van der Waals surface area contributed by atoms with Crippen molar-refractivity contribution in [2.24, 2.45) is 0 Å². The van der Waals surface area contributed by atoms with Crippen molar-refractivity contribution in [3.63, 3.8) is 0 Å². The first-order valence-electron chi connectivity index (χ1n) is 5.49. The van der Waals surface area contributed by atoms with Crippen LogP contribution in [0.2, 0.25) is 0 Å². The van der Waals surface area contributed by atoms with Crippen molar-refractivity contribution in [1.29, 1.82) is 0 Å². The summed E-state index contributed by atoms with van der Waals surface area (Å²) in [6, 6.07) is 9.80. The highest BCUT2D eigenvalue weighted by atomic mass is 32.1. The van der Waals surface area contributed by atoms with Crippen LogP contribution in [-0.2, 0) is 0 Å². The lowest BCUT2D eigenvalue weighted by molar-refractivity contribution is 0.0686. The Morgan fingerprint density at radius 3 is 2.11 bits per heavy atom. The van der Waals surface area contributed by atoms with Crippen LogP contribution in [0.25, 0.3) is 20.2 Å². The predicted molar refractivity (Wildman–Crippen MR) is 73.2 cm³/mol. The molecule has 0 fully saturated rings. The third-order valence-electron chi connectivity index (χ3n) is 2.97. The summed E-state index contributed by atoms with van der Waals surface area (Å²) < 4.78 is 1.79. The fourth-order valence-electron chi connectivity index (χ4n) is 2.04. The highest BCUT2D eigenvalue weighted by molar-refractivity contribution is 7.25. The van der Waals surface area contributed by atoms with E-state index in [1.807, 2.05) is 0 Å². The molecule has 0 saturated carbocycles. The molecule has 1 heterocycles. The molecule has 2 aromatic carbocycles. The summed E-state index contributed by atoms with van der Waals surface area (Å²) in [5, 5.41) is 19.7. The normalized spacial score (nSPS) is 10.9. The van der Waals surface area contributed by atoms with Crippen LogP contribution in [0.5, 0.6) is 0 Å². The maximum absolute atomic E-state index is 11.0. The van der Waals surface area contributed by atoms with Gasteiger partial charge in [-0.15, -0.1) is 11.3 Å². The van der Waals surface area contributed by atoms with Gasteiger partial charge in [-0.3, -0.25) is 0 Å². The summed E-state index contributed by atoms with van der Waals surface area (Å²) in [6.07, 6.45) is 0. The summed E-state index contributed by atoms with van der Waals surface area (Å²) in [4.78, 5) is 21.9. The van der Waals surface area contributed by atoms with Crippen LogP contribution in [0.1, 0.15) is 20.7 Å². The van der Waals surface area contributed by atoms with E-state index in [1.165, 1.54) is 17.4 Å². The number of aromatic carboxylic acids is 2. The zero-order valence-corrected chi connectivity index (χ0v) is 10.4. The van der Waals surface area contributed by atoms with E-state index in [-0.39, 0.29) is 11.1 Å². The smallest absolute Gasteiger partial charge is 0.335 e. The molecule has 1 aromatic heterocycles. The van der Waals surface area contributed by atoms with E-state index in [4.69, 9.17) is 10.2 Å². The Kier molecular flexibility index (Phi) is 2.50. The average molecular weight is 272 g/mol. The number of carboxylic acid groups (broad SMARTS) is 2. The molecule has 0 bridgehead atoms. The Bertz CT molecular complexity index is 832. The molecule has 0 amide bonds. The Hall–Kier alpha value is -2.40. The number of hydrogen-bond acceptors (Lipinski definition) is 3. The first-order chi connectivity index (χ1) is 9.06. The van der Waals surface area contributed by atoms with Crippen molar-refractivity contribution >= 4 is 43.4 Å². The SMILES string of the molecule is O=C(O)c1ccc2c(c1)sc1ccc(C(=O)O)cc12. The summed E-state index contributed by atoms with van der Waals surface area (Å²) >= 11 is 1.46. The molecule has 4 nitrogen and oxygen atoms in total. The quantitative estimate of drug-likeness (QED) is 0.749. The molecule has 0 aliphatic heterocycles. The average Bonchev–Trinajstić information content (AvgIpc) is 2.74. The van der Waals surface area contributed by atoms with E-state index in [1.54, 1.807) is 30.3 Å². The molecule has 0 spiro atoms. The molecule has 19 heavy (non-hydrogen) atoms. The lowest BCUT2D eigenvalue weighted by Gasteiger charge is -1.96. The Labute approximate surface area is 111 Å². The summed E-state index contributed by atoms with van der Waals surface area (Å²) in [7, 11) is 0. The third-order valence-corrected chi connectivity index (χ3v) is 4.10. The fourth-order valence-corrected chi connectivity index (χ4v) is 3.17. The second-order valence-electron chi connectivity index (χ2n) is 4.13. The van der Waals surface area contributed by atoms with Gasteiger partial charge in [-0.05, 0) is 30.3 Å². The highest BCUT2D eigenvalue weighted by Crippen LogP contribution is 2.34. The van der Waals surface area contributed by atoms with Crippen LogP contribution >= 0.6 is 11.3 Å². The van der Waals surface area contributed by atoms with E-state index < -0.39 is 11.9 Å². The van der Waals surface area contributed by atoms with Crippen molar-refractivity contribution in [1.82, 2.24) is 0 Å². The maximum atomic E-state index is 11.0. The second-order valence-corrected chi connectivity index (χ2v) is 5.22. The molecule has 94 valence electrons. The minimum absolute atomic E-state index is 0.231. The number of carbonyl (C=O) groups is 2. The Morgan fingerprint density at radius 2 is 1.42 bits per heavy atom. The van der Waals surface area contributed by atoms with E-state index >= 15 is 0 Å². The standard InChI is InChI=1S/C14H8O4S/c15-13(16)7-2-4-11-10(5-7)9-3-1-8(14(17)18)6-12(9)19-11/h1-6H,(H,15,16)(H,17,18). The number of hydrogen-bond donors (Lipinski definition) is 2. The van der Waals surface area contributed by atoms with E-state index in [2.05, 4.69) is 0 Å². The molecule has 3 aromatic rings. The van der Waals surface area contributed by atoms with Crippen LogP contribution in [0, 0.1) is 0 Å². The number of rotatable bonds is 2. The minimum atomic E-state index is -0.969. The molecule has 0 atom stereocenters. The van der Waals surface area contributed by atoms with Crippen LogP contribution in [-0.4, -0.2) is 22.2 Å². The number of carboxylic acids is 2.